The fourth-order valence-corrected chi connectivity index (χ4v) is 6.53. The number of hydrogen-bond acceptors (Lipinski definition) is 2. The summed E-state index contributed by atoms with van der Waals surface area (Å²) in [6, 6.07) is 60.8. The lowest BCUT2D eigenvalue weighted by atomic mass is 10.0. The van der Waals surface area contributed by atoms with Crippen molar-refractivity contribution < 1.29 is 0 Å². The zero-order valence-electron chi connectivity index (χ0n) is 30.4. The molecule has 52 heavy (non-hydrogen) atoms. The Morgan fingerprint density at radius 1 is 0.308 bits per heavy atom. The van der Waals surface area contributed by atoms with Crippen LogP contribution in [0.3, 0.4) is 0 Å². The van der Waals surface area contributed by atoms with Crippen LogP contribution in [-0.4, -0.2) is 0 Å². The third-order valence-electron chi connectivity index (χ3n) is 9.42. The van der Waals surface area contributed by atoms with E-state index in [0.29, 0.717) is 0 Å². The van der Waals surface area contributed by atoms with Gasteiger partial charge in [-0.1, -0.05) is 132 Å². The zero-order valence-corrected chi connectivity index (χ0v) is 30.4. The smallest absolute Gasteiger partial charge is 0.0464 e. The molecule has 0 amide bonds. The average molecular weight is 673 g/mol. The summed E-state index contributed by atoms with van der Waals surface area (Å²) in [5, 5.41) is 0. The van der Waals surface area contributed by atoms with Crippen molar-refractivity contribution >= 4 is 58.4 Å². The van der Waals surface area contributed by atoms with Crippen LogP contribution in [0.2, 0.25) is 0 Å². The van der Waals surface area contributed by atoms with Crippen molar-refractivity contribution in [2.45, 2.75) is 27.7 Å². The first kappa shape index (κ1) is 34.1. The summed E-state index contributed by atoms with van der Waals surface area (Å²) in [5.74, 6) is 0. The van der Waals surface area contributed by atoms with Crippen molar-refractivity contribution in [3.05, 3.63) is 214 Å². The van der Waals surface area contributed by atoms with Crippen LogP contribution >= 0.6 is 0 Å². The molecule has 0 N–H and O–H groups in total. The first-order valence-corrected chi connectivity index (χ1v) is 17.9. The van der Waals surface area contributed by atoms with Crippen molar-refractivity contribution in [3.63, 3.8) is 0 Å². The van der Waals surface area contributed by atoms with Gasteiger partial charge < -0.3 is 9.80 Å². The Morgan fingerprint density at radius 2 is 0.750 bits per heavy atom. The van der Waals surface area contributed by atoms with Gasteiger partial charge in [0.25, 0.3) is 0 Å². The van der Waals surface area contributed by atoms with Gasteiger partial charge in [0, 0.05) is 34.1 Å². The second-order valence-electron chi connectivity index (χ2n) is 13.4. The molecule has 2 nitrogen and oxygen atoms in total. The number of para-hydroxylation sites is 1. The van der Waals surface area contributed by atoms with Crippen molar-refractivity contribution in [1.82, 2.24) is 0 Å². The van der Waals surface area contributed by atoms with Gasteiger partial charge >= 0.3 is 0 Å². The third kappa shape index (κ3) is 7.98. The van der Waals surface area contributed by atoms with Crippen molar-refractivity contribution in [3.8, 4) is 0 Å². The highest BCUT2D eigenvalue weighted by Gasteiger charge is 2.14. The first-order chi connectivity index (χ1) is 25.4. The van der Waals surface area contributed by atoms with Crippen LogP contribution in [0.25, 0.3) is 24.3 Å². The maximum absolute atomic E-state index is 2.32. The van der Waals surface area contributed by atoms with Crippen LogP contribution < -0.4 is 9.80 Å². The molecule has 7 aromatic rings. The zero-order chi connectivity index (χ0) is 35.9. The molecule has 2 heteroatoms. The van der Waals surface area contributed by atoms with Crippen LogP contribution in [0.1, 0.15) is 44.5 Å². The molecule has 0 aliphatic rings. The van der Waals surface area contributed by atoms with Crippen LogP contribution in [0.5, 0.6) is 0 Å². The maximum Gasteiger partial charge on any atom is 0.0464 e. The van der Waals surface area contributed by atoms with Gasteiger partial charge in [0.2, 0.25) is 0 Å². The summed E-state index contributed by atoms with van der Waals surface area (Å²) in [6.07, 6.45) is 8.86. The van der Waals surface area contributed by atoms with Crippen LogP contribution in [0.4, 0.5) is 34.1 Å². The standard InChI is InChI=1S/C50H44N2/c1-37-17-28-46(29-18-37)51(47-30-19-38(2)20-31-47)48-32-22-41(23-33-48)21-24-43-12-8-9-13-44(43)26-25-42-27-34-50(36-40(42)4)52(45-14-6-5-7-15-45)49-16-10-11-39(3)35-49/h5-36H,1-4H3/b24-21+,26-25+. The molecule has 0 radical (unpaired) electrons. The van der Waals surface area contributed by atoms with Gasteiger partial charge in [-0.05, 0) is 134 Å². The summed E-state index contributed by atoms with van der Waals surface area (Å²) in [7, 11) is 0. The second-order valence-corrected chi connectivity index (χ2v) is 13.4. The number of anilines is 6. The first-order valence-electron chi connectivity index (χ1n) is 17.9. The molecule has 254 valence electrons. The third-order valence-corrected chi connectivity index (χ3v) is 9.42. The highest BCUT2D eigenvalue weighted by atomic mass is 15.1. The van der Waals surface area contributed by atoms with Crippen LogP contribution in [0, 0.1) is 27.7 Å². The SMILES string of the molecule is Cc1ccc(N(c2ccc(C)cc2)c2ccc(/C=C/c3ccccc3/C=C/c3ccc(N(c4ccccc4)c4cccc(C)c4)cc3C)cc2)cc1. The molecule has 0 spiro atoms. The van der Waals surface area contributed by atoms with E-state index in [9.17, 15) is 0 Å². The largest absolute Gasteiger partial charge is 0.311 e. The minimum atomic E-state index is 1.13. The van der Waals surface area contributed by atoms with Gasteiger partial charge in [-0.2, -0.15) is 0 Å². The molecular formula is C50H44N2. The summed E-state index contributed by atoms with van der Waals surface area (Å²) >= 11 is 0. The van der Waals surface area contributed by atoms with E-state index in [4.69, 9.17) is 0 Å². The topological polar surface area (TPSA) is 6.48 Å². The van der Waals surface area contributed by atoms with Gasteiger partial charge in [0.05, 0.1) is 0 Å². The van der Waals surface area contributed by atoms with E-state index in [-0.39, 0.29) is 0 Å². The molecule has 0 aliphatic carbocycles. The Hall–Kier alpha value is -6.38. The van der Waals surface area contributed by atoms with Gasteiger partial charge in [-0.25, -0.2) is 0 Å². The van der Waals surface area contributed by atoms with Crippen molar-refractivity contribution in [2.24, 2.45) is 0 Å². The highest BCUT2D eigenvalue weighted by Crippen LogP contribution is 2.37. The van der Waals surface area contributed by atoms with E-state index < -0.39 is 0 Å². The lowest BCUT2D eigenvalue weighted by Gasteiger charge is -2.26. The Bertz CT molecular complexity index is 2270. The molecule has 0 bridgehead atoms. The lowest BCUT2D eigenvalue weighted by molar-refractivity contribution is 1.26. The van der Waals surface area contributed by atoms with E-state index in [0.717, 1.165) is 39.7 Å². The molecule has 0 atom stereocenters. The monoisotopic (exact) mass is 672 g/mol. The van der Waals surface area contributed by atoms with Crippen molar-refractivity contribution in [2.75, 3.05) is 9.80 Å². The van der Waals surface area contributed by atoms with E-state index in [1.165, 1.54) is 38.9 Å². The predicted molar refractivity (Wildman–Crippen MR) is 225 cm³/mol. The molecule has 0 unspecified atom stereocenters. The lowest BCUT2D eigenvalue weighted by Crippen LogP contribution is -2.10. The molecule has 0 aromatic heterocycles. The highest BCUT2D eigenvalue weighted by molar-refractivity contribution is 5.83. The number of aryl methyl sites for hydroxylation is 4. The molecule has 7 rings (SSSR count). The second kappa shape index (κ2) is 15.7. The van der Waals surface area contributed by atoms with E-state index in [1.54, 1.807) is 0 Å². The Labute approximate surface area is 309 Å². The molecule has 0 heterocycles. The number of hydrogen-bond donors (Lipinski definition) is 0. The van der Waals surface area contributed by atoms with E-state index in [2.05, 4.69) is 232 Å². The summed E-state index contributed by atoms with van der Waals surface area (Å²) in [5.41, 5.74) is 16.5. The van der Waals surface area contributed by atoms with Gasteiger partial charge in [0.1, 0.15) is 0 Å². The maximum atomic E-state index is 2.32. The fourth-order valence-electron chi connectivity index (χ4n) is 6.53. The van der Waals surface area contributed by atoms with Gasteiger partial charge in [-0.15, -0.1) is 0 Å². The minimum Gasteiger partial charge on any atom is -0.311 e. The molecule has 7 aromatic carbocycles. The van der Waals surface area contributed by atoms with E-state index >= 15 is 0 Å². The van der Waals surface area contributed by atoms with Gasteiger partial charge in [-0.3, -0.25) is 0 Å². The van der Waals surface area contributed by atoms with Crippen LogP contribution in [0.15, 0.2) is 170 Å². The predicted octanol–water partition coefficient (Wildman–Crippen LogP) is 14.2. The summed E-state index contributed by atoms with van der Waals surface area (Å²) in [6.45, 7) is 8.58. The molecule has 0 saturated carbocycles. The normalized spacial score (nSPS) is 11.3. The molecule has 0 aliphatic heterocycles. The summed E-state index contributed by atoms with van der Waals surface area (Å²) in [4.78, 5) is 4.63. The minimum absolute atomic E-state index is 1.13. The average Bonchev–Trinajstić information content (AvgIpc) is 3.17. The summed E-state index contributed by atoms with van der Waals surface area (Å²) < 4.78 is 0. The van der Waals surface area contributed by atoms with Gasteiger partial charge in [0.15, 0.2) is 0 Å². The quantitative estimate of drug-likeness (QED) is 0.133. The Balaban J connectivity index is 1.11. The number of nitrogens with zero attached hydrogens (tertiary/aromatic N) is 2. The molecular weight excluding hydrogens is 629 g/mol. The fraction of sp³-hybridized carbons (Fsp3) is 0.0800. The van der Waals surface area contributed by atoms with Crippen LogP contribution in [-0.2, 0) is 0 Å². The van der Waals surface area contributed by atoms with Crippen molar-refractivity contribution in [1.29, 1.82) is 0 Å². The molecule has 0 fully saturated rings. The van der Waals surface area contributed by atoms with E-state index in [1.807, 2.05) is 0 Å². The number of benzene rings is 7. The number of rotatable bonds is 10. The Kier molecular flexibility index (Phi) is 10.3. The molecule has 0 saturated heterocycles. The Morgan fingerprint density at radius 3 is 1.33 bits per heavy atom.